The summed E-state index contributed by atoms with van der Waals surface area (Å²) in [5, 5.41) is 8.81. The maximum atomic E-state index is 6.60. The lowest BCUT2D eigenvalue weighted by molar-refractivity contribution is 0.145. The summed E-state index contributed by atoms with van der Waals surface area (Å²) in [4.78, 5) is 0. The second kappa shape index (κ2) is 10.4. The molecule has 0 aromatic carbocycles. The second-order valence-electron chi connectivity index (χ2n) is 12.2. The molecule has 0 amide bonds. The molecule has 4 unspecified atom stereocenters. The molecule has 1 aliphatic heterocycles. The smallest absolute Gasteiger partial charge is 0.0606 e. The fourth-order valence-electron chi connectivity index (χ4n) is 7.61. The van der Waals surface area contributed by atoms with Gasteiger partial charge in [-0.25, -0.2) is 0 Å². The first-order chi connectivity index (χ1) is 14.4. The molecular formula is C27H49ClN2. The van der Waals surface area contributed by atoms with Crippen LogP contribution in [0.4, 0.5) is 0 Å². The Kier molecular flexibility index (Phi) is 8.13. The Bertz CT molecular complexity index is 483. The van der Waals surface area contributed by atoms with E-state index in [4.69, 9.17) is 11.6 Å². The van der Waals surface area contributed by atoms with Gasteiger partial charge >= 0.3 is 0 Å². The largest absolute Gasteiger partial charge is 0.297 e. The van der Waals surface area contributed by atoms with Crippen molar-refractivity contribution in [2.45, 2.75) is 128 Å². The predicted molar refractivity (Wildman–Crippen MR) is 130 cm³/mol. The topological polar surface area (TPSA) is 24.1 Å². The molecule has 1 saturated heterocycles. The van der Waals surface area contributed by atoms with Crippen molar-refractivity contribution in [1.29, 1.82) is 0 Å². The third-order valence-corrected chi connectivity index (χ3v) is 10.2. The molecule has 0 aromatic rings. The van der Waals surface area contributed by atoms with Crippen LogP contribution in [0.15, 0.2) is 0 Å². The minimum Gasteiger partial charge on any atom is -0.297 e. The first-order valence-electron chi connectivity index (χ1n) is 13.6. The van der Waals surface area contributed by atoms with Crippen molar-refractivity contribution in [3.05, 3.63) is 0 Å². The van der Waals surface area contributed by atoms with Gasteiger partial charge in [0.05, 0.1) is 6.17 Å². The fraction of sp³-hybridized carbons (Fsp3) is 1.00. The Balaban J connectivity index is 1.42. The van der Waals surface area contributed by atoms with Gasteiger partial charge in [-0.05, 0) is 112 Å². The van der Waals surface area contributed by atoms with Gasteiger partial charge in [0.25, 0.3) is 0 Å². The zero-order valence-electron chi connectivity index (χ0n) is 20.2. The molecule has 4 fully saturated rings. The highest BCUT2D eigenvalue weighted by molar-refractivity contribution is 6.20. The van der Waals surface area contributed by atoms with E-state index in [0.29, 0.717) is 23.6 Å². The van der Waals surface area contributed by atoms with Crippen LogP contribution in [-0.2, 0) is 0 Å². The van der Waals surface area contributed by atoms with Crippen molar-refractivity contribution in [3.63, 3.8) is 0 Å². The molecule has 4 aliphatic rings. The monoisotopic (exact) mass is 436 g/mol. The molecule has 3 aliphatic carbocycles. The fourth-order valence-corrected chi connectivity index (χ4v) is 7.99. The van der Waals surface area contributed by atoms with Gasteiger partial charge in [-0.1, -0.05) is 34.1 Å². The number of alkyl halides is 1. The first-order valence-corrected chi connectivity index (χ1v) is 14.0. The Morgan fingerprint density at radius 1 is 0.600 bits per heavy atom. The van der Waals surface area contributed by atoms with Crippen LogP contribution in [0.5, 0.6) is 0 Å². The molecule has 0 radical (unpaired) electrons. The molecule has 0 bridgehead atoms. The van der Waals surface area contributed by atoms with Crippen LogP contribution in [-0.4, -0.2) is 23.6 Å². The van der Waals surface area contributed by atoms with Crippen molar-refractivity contribution in [2.75, 3.05) is 0 Å². The maximum absolute atomic E-state index is 6.60. The van der Waals surface area contributed by atoms with Gasteiger partial charge in [-0.15, -0.1) is 11.6 Å². The molecule has 4 rings (SSSR count). The molecule has 3 heteroatoms. The number of rotatable bonds is 5. The molecule has 2 N–H and O–H groups in total. The molecular weight excluding hydrogens is 388 g/mol. The van der Waals surface area contributed by atoms with Crippen LogP contribution in [0.3, 0.4) is 0 Å². The highest BCUT2D eigenvalue weighted by atomic mass is 35.5. The number of hydrogen-bond donors (Lipinski definition) is 2. The van der Waals surface area contributed by atoms with E-state index in [2.05, 4.69) is 38.3 Å². The van der Waals surface area contributed by atoms with E-state index in [-0.39, 0.29) is 0 Å². The Labute approximate surface area is 192 Å². The van der Waals surface area contributed by atoms with Crippen molar-refractivity contribution >= 4 is 11.6 Å². The molecule has 1 heterocycles. The normalized spacial score (nSPS) is 45.9. The summed E-state index contributed by atoms with van der Waals surface area (Å²) >= 11 is 6.60. The van der Waals surface area contributed by atoms with E-state index >= 15 is 0 Å². The second-order valence-corrected chi connectivity index (χ2v) is 12.8. The molecule has 2 nitrogen and oxygen atoms in total. The van der Waals surface area contributed by atoms with Crippen molar-refractivity contribution in [3.8, 4) is 0 Å². The quantitative estimate of drug-likeness (QED) is 0.455. The molecule has 30 heavy (non-hydrogen) atoms. The van der Waals surface area contributed by atoms with Crippen LogP contribution >= 0.6 is 11.6 Å². The third-order valence-electron chi connectivity index (χ3n) is 9.79. The van der Waals surface area contributed by atoms with Crippen LogP contribution in [0, 0.1) is 41.4 Å². The minimum atomic E-state index is 0.396. The van der Waals surface area contributed by atoms with Gasteiger partial charge in [0, 0.05) is 17.5 Å². The average Bonchev–Trinajstić information content (AvgIpc) is 3.19. The van der Waals surface area contributed by atoms with Crippen LogP contribution in [0.1, 0.15) is 105 Å². The SMILES string of the molecule is CC(C)C1CCC(C2NC(C3CCCC(Cl)C3)NC2C2CCC(C(C)C)CC2)CC1. The van der Waals surface area contributed by atoms with Crippen molar-refractivity contribution in [2.24, 2.45) is 41.4 Å². The zero-order chi connectivity index (χ0) is 21.3. The summed E-state index contributed by atoms with van der Waals surface area (Å²) in [6, 6.07) is 1.39. The lowest BCUT2D eigenvalue weighted by Crippen LogP contribution is -2.46. The number of hydrogen-bond acceptors (Lipinski definition) is 2. The van der Waals surface area contributed by atoms with E-state index in [0.717, 1.165) is 41.4 Å². The third kappa shape index (κ3) is 5.40. The Morgan fingerprint density at radius 3 is 1.47 bits per heavy atom. The van der Waals surface area contributed by atoms with E-state index in [1.54, 1.807) is 0 Å². The lowest BCUT2D eigenvalue weighted by Gasteiger charge is -2.40. The maximum Gasteiger partial charge on any atom is 0.0606 e. The molecule has 0 aromatic heterocycles. The van der Waals surface area contributed by atoms with Crippen LogP contribution in [0.25, 0.3) is 0 Å². The van der Waals surface area contributed by atoms with Gasteiger partial charge in [0.2, 0.25) is 0 Å². The summed E-state index contributed by atoms with van der Waals surface area (Å²) in [7, 11) is 0. The van der Waals surface area contributed by atoms with Gasteiger partial charge in [-0.2, -0.15) is 0 Å². The Hall–Kier alpha value is 0.210. The summed E-state index contributed by atoms with van der Waals surface area (Å²) in [6.07, 6.45) is 17.2. The Morgan fingerprint density at radius 2 is 1.07 bits per heavy atom. The van der Waals surface area contributed by atoms with Crippen LogP contribution < -0.4 is 10.6 Å². The lowest BCUT2D eigenvalue weighted by atomic mass is 9.69. The highest BCUT2D eigenvalue weighted by Crippen LogP contribution is 2.42. The van der Waals surface area contributed by atoms with Gasteiger partial charge in [0.15, 0.2) is 0 Å². The molecule has 4 atom stereocenters. The first kappa shape index (κ1) is 23.4. The van der Waals surface area contributed by atoms with Gasteiger partial charge < -0.3 is 0 Å². The van der Waals surface area contributed by atoms with E-state index in [9.17, 15) is 0 Å². The predicted octanol–water partition coefficient (Wildman–Crippen LogP) is 6.96. The summed E-state index contributed by atoms with van der Waals surface area (Å²) in [5.41, 5.74) is 0. The van der Waals surface area contributed by atoms with E-state index < -0.39 is 0 Å². The molecule has 174 valence electrons. The minimum absolute atomic E-state index is 0.396. The standard InChI is InChI=1S/C27H49ClN2/c1-17(2)19-8-12-21(13-9-19)25-26(22-14-10-20(11-15-22)18(3)4)30-27(29-25)23-6-5-7-24(28)16-23/h17-27,29-30H,5-16H2,1-4H3. The molecule has 0 spiro atoms. The van der Waals surface area contributed by atoms with Gasteiger partial charge in [0.1, 0.15) is 0 Å². The summed E-state index contributed by atoms with van der Waals surface area (Å²) < 4.78 is 0. The summed E-state index contributed by atoms with van der Waals surface area (Å²) in [5.74, 6) is 6.12. The summed E-state index contributed by atoms with van der Waals surface area (Å²) in [6.45, 7) is 9.71. The number of halogens is 1. The van der Waals surface area contributed by atoms with Crippen molar-refractivity contribution in [1.82, 2.24) is 10.6 Å². The number of nitrogens with one attached hydrogen (secondary N) is 2. The highest BCUT2D eigenvalue weighted by Gasteiger charge is 2.46. The van der Waals surface area contributed by atoms with Crippen molar-refractivity contribution < 1.29 is 0 Å². The van der Waals surface area contributed by atoms with E-state index in [1.807, 2.05) is 0 Å². The molecule has 3 saturated carbocycles. The van der Waals surface area contributed by atoms with Gasteiger partial charge in [-0.3, -0.25) is 10.6 Å². The van der Waals surface area contributed by atoms with Crippen LogP contribution in [0.2, 0.25) is 0 Å². The average molecular weight is 437 g/mol. The van der Waals surface area contributed by atoms with E-state index in [1.165, 1.54) is 77.0 Å². The zero-order valence-corrected chi connectivity index (χ0v) is 21.0.